The molecule has 1 unspecified atom stereocenters. The van der Waals surface area contributed by atoms with E-state index in [0.717, 1.165) is 25.6 Å². The molecule has 0 aromatic heterocycles. The molecular weight excluding hydrogens is 170 g/mol. The van der Waals surface area contributed by atoms with Crippen molar-refractivity contribution in [2.45, 2.75) is 31.4 Å². The van der Waals surface area contributed by atoms with Crippen LogP contribution in [0.15, 0.2) is 0 Å². The van der Waals surface area contributed by atoms with Gasteiger partial charge < -0.3 is 5.11 Å². The maximum Gasteiger partial charge on any atom is 0.0679 e. The zero-order valence-electron chi connectivity index (χ0n) is 7.41. The fourth-order valence-corrected chi connectivity index (χ4v) is 3.30. The van der Waals surface area contributed by atoms with E-state index in [1.807, 2.05) is 0 Å². The van der Waals surface area contributed by atoms with Crippen molar-refractivity contribution in [3.8, 4) is 0 Å². The van der Waals surface area contributed by atoms with E-state index in [0.29, 0.717) is 0 Å². The molecule has 0 aromatic carbocycles. The van der Waals surface area contributed by atoms with Gasteiger partial charge in [0.05, 0.1) is 6.10 Å². The van der Waals surface area contributed by atoms with Crippen molar-refractivity contribution in [1.82, 2.24) is 4.90 Å². The number of aliphatic hydroxyl groups is 1. The highest BCUT2D eigenvalue weighted by atomic mass is 32.2. The summed E-state index contributed by atoms with van der Waals surface area (Å²) in [7, 11) is 0. The maximum atomic E-state index is 9.38. The molecule has 2 aliphatic heterocycles. The molecule has 2 aliphatic rings. The third-order valence-electron chi connectivity index (χ3n) is 2.85. The van der Waals surface area contributed by atoms with Crippen molar-refractivity contribution in [1.29, 1.82) is 0 Å². The number of hydrogen-bond donors (Lipinski definition) is 1. The molecule has 2 fully saturated rings. The molecule has 2 atom stereocenters. The van der Waals surface area contributed by atoms with Gasteiger partial charge in [0.25, 0.3) is 0 Å². The monoisotopic (exact) mass is 187 g/mol. The summed E-state index contributed by atoms with van der Waals surface area (Å²) in [5.41, 5.74) is 0. The van der Waals surface area contributed by atoms with E-state index in [-0.39, 0.29) is 6.10 Å². The minimum Gasteiger partial charge on any atom is -0.392 e. The molecule has 2 nitrogen and oxygen atoms in total. The van der Waals surface area contributed by atoms with E-state index in [1.54, 1.807) is 0 Å². The summed E-state index contributed by atoms with van der Waals surface area (Å²) in [5.74, 6) is 2.62. The van der Waals surface area contributed by atoms with E-state index in [9.17, 15) is 5.11 Å². The molecule has 0 bridgehead atoms. The van der Waals surface area contributed by atoms with Crippen LogP contribution in [0.25, 0.3) is 0 Å². The lowest BCUT2D eigenvalue weighted by molar-refractivity contribution is 0.160. The standard InChI is InChI=1S/C9H17NOS/c11-9-3-4-10(6-9)8-2-1-5-12-7-8/h8-9,11H,1-7H2/t8?,9-/m0/s1. The first-order valence-corrected chi connectivity index (χ1v) is 6.01. The van der Waals surface area contributed by atoms with Crippen LogP contribution >= 0.6 is 11.8 Å². The number of likely N-dealkylation sites (tertiary alicyclic amines) is 1. The fraction of sp³-hybridized carbons (Fsp3) is 1.00. The Hall–Kier alpha value is 0.270. The van der Waals surface area contributed by atoms with Gasteiger partial charge in [-0.15, -0.1) is 0 Å². The molecule has 2 heterocycles. The molecule has 2 saturated heterocycles. The molecule has 0 saturated carbocycles. The second-order valence-corrected chi connectivity index (χ2v) is 4.96. The quantitative estimate of drug-likeness (QED) is 0.661. The minimum atomic E-state index is -0.0445. The Morgan fingerprint density at radius 1 is 1.33 bits per heavy atom. The van der Waals surface area contributed by atoms with Crippen LogP contribution in [-0.2, 0) is 0 Å². The molecular formula is C9H17NOS. The van der Waals surface area contributed by atoms with Gasteiger partial charge in [-0.25, -0.2) is 0 Å². The largest absolute Gasteiger partial charge is 0.392 e. The first-order valence-electron chi connectivity index (χ1n) is 4.86. The summed E-state index contributed by atoms with van der Waals surface area (Å²) in [6, 6.07) is 0.765. The van der Waals surface area contributed by atoms with Crippen LogP contribution in [-0.4, -0.2) is 46.7 Å². The highest BCUT2D eigenvalue weighted by Gasteiger charge is 2.27. The molecule has 70 valence electrons. The van der Waals surface area contributed by atoms with Crippen molar-refractivity contribution in [2.24, 2.45) is 0 Å². The van der Waals surface area contributed by atoms with Crippen LogP contribution in [0.3, 0.4) is 0 Å². The second kappa shape index (κ2) is 3.99. The van der Waals surface area contributed by atoms with Crippen molar-refractivity contribution in [3.63, 3.8) is 0 Å². The molecule has 0 amide bonds. The van der Waals surface area contributed by atoms with Crippen molar-refractivity contribution in [2.75, 3.05) is 24.6 Å². The lowest BCUT2D eigenvalue weighted by atomic mass is 10.1. The van der Waals surface area contributed by atoms with E-state index < -0.39 is 0 Å². The summed E-state index contributed by atoms with van der Waals surface area (Å²) in [6.07, 6.45) is 3.65. The van der Waals surface area contributed by atoms with Gasteiger partial charge in [0.15, 0.2) is 0 Å². The summed E-state index contributed by atoms with van der Waals surface area (Å²) >= 11 is 2.07. The lowest BCUT2D eigenvalue weighted by Gasteiger charge is -2.30. The Morgan fingerprint density at radius 3 is 2.83 bits per heavy atom. The average molecular weight is 187 g/mol. The predicted molar refractivity (Wildman–Crippen MR) is 52.5 cm³/mol. The highest BCUT2D eigenvalue weighted by Crippen LogP contribution is 2.24. The van der Waals surface area contributed by atoms with E-state index in [2.05, 4.69) is 16.7 Å². The van der Waals surface area contributed by atoms with Gasteiger partial charge in [-0.2, -0.15) is 11.8 Å². The normalized spacial score (nSPS) is 38.8. The maximum absolute atomic E-state index is 9.38. The zero-order chi connectivity index (χ0) is 8.39. The SMILES string of the molecule is O[C@H]1CCN(C2CCCSC2)C1. The van der Waals surface area contributed by atoms with Gasteiger partial charge in [0.2, 0.25) is 0 Å². The van der Waals surface area contributed by atoms with E-state index in [4.69, 9.17) is 0 Å². The first-order chi connectivity index (χ1) is 5.86. The van der Waals surface area contributed by atoms with Gasteiger partial charge >= 0.3 is 0 Å². The van der Waals surface area contributed by atoms with Gasteiger partial charge in [-0.3, -0.25) is 4.90 Å². The van der Waals surface area contributed by atoms with E-state index in [1.165, 1.54) is 24.3 Å². The van der Waals surface area contributed by atoms with Crippen molar-refractivity contribution in [3.05, 3.63) is 0 Å². The molecule has 0 aliphatic carbocycles. The topological polar surface area (TPSA) is 23.5 Å². The molecule has 3 heteroatoms. The third kappa shape index (κ3) is 1.95. The molecule has 12 heavy (non-hydrogen) atoms. The molecule has 0 aromatic rings. The number of β-amino-alcohol motifs (C(OH)–C–C–N with tert-alkyl or cyclic N) is 1. The smallest absolute Gasteiger partial charge is 0.0679 e. The highest BCUT2D eigenvalue weighted by molar-refractivity contribution is 7.99. The molecule has 0 spiro atoms. The lowest BCUT2D eigenvalue weighted by Crippen LogP contribution is -2.37. The van der Waals surface area contributed by atoms with Crippen LogP contribution < -0.4 is 0 Å². The number of thioether (sulfide) groups is 1. The fourth-order valence-electron chi connectivity index (χ4n) is 2.11. The predicted octanol–water partition coefficient (Wildman–Crippen LogP) is 0.949. The first kappa shape index (κ1) is 8.85. The van der Waals surface area contributed by atoms with E-state index >= 15 is 0 Å². The van der Waals surface area contributed by atoms with Gasteiger partial charge in [-0.05, 0) is 25.0 Å². The average Bonchev–Trinajstić information content (AvgIpc) is 2.54. The van der Waals surface area contributed by atoms with Crippen molar-refractivity contribution >= 4 is 11.8 Å². The van der Waals surface area contributed by atoms with Crippen LogP contribution in [0, 0.1) is 0 Å². The Labute approximate surface area is 78.3 Å². The molecule has 1 N–H and O–H groups in total. The molecule has 0 radical (unpaired) electrons. The van der Waals surface area contributed by atoms with Crippen LogP contribution in [0.4, 0.5) is 0 Å². The van der Waals surface area contributed by atoms with Crippen LogP contribution in [0.5, 0.6) is 0 Å². The minimum absolute atomic E-state index is 0.0445. The summed E-state index contributed by atoms with van der Waals surface area (Å²) in [4.78, 5) is 2.47. The Bertz CT molecular complexity index is 145. The molecule has 2 rings (SSSR count). The Kier molecular flexibility index (Phi) is 2.94. The Morgan fingerprint density at radius 2 is 2.25 bits per heavy atom. The summed E-state index contributed by atoms with van der Waals surface area (Å²) < 4.78 is 0. The van der Waals surface area contributed by atoms with Crippen molar-refractivity contribution < 1.29 is 5.11 Å². The Balaban J connectivity index is 1.83. The number of aliphatic hydroxyl groups excluding tert-OH is 1. The third-order valence-corrected chi connectivity index (χ3v) is 4.05. The summed E-state index contributed by atoms with van der Waals surface area (Å²) in [6.45, 7) is 2.04. The van der Waals surface area contributed by atoms with Gasteiger partial charge in [-0.1, -0.05) is 0 Å². The number of rotatable bonds is 1. The van der Waals surface area contributed by atoms with Crippen LogP contribution in [0.2, 0.25) is 0 Å². The number of nitrogens with zero attached hydrogens (tertiary/aromatic N) is 1. The van der Waals surface area contributed by atoms with Crippen LogP contribution in [0.1, 0.15) is 19.3 Å². The second-order valence-electron chi connectivity index (χ2n) is 3.81. The van der Waals surface area contributed by atoms with Gasteiger partial charge in [0.1, 0.15) is 0 Å². The van der Waals surface area contributed by atoms with Gasteiger partial charge in [0, 0.05) is 24.9 Å². The number of hydrogen-bond acceptors (Lipinski definition) is 3. The summed E-state index contributed by atoms with van der Waals surface area (Å²) in [5, 5.41) is 9.38. The zero-order valence-corrected chi connectivity index (χ0v) is 8.22.